The van der Waals surface area contributed by atoms with Crippen LogP contribution in [0.5, 0.6) is 0 Å². The third-order valence-electron chi connectivity index (χ3n) is 17.0. The van der Waals surface area contributed by atoms with Crippen LogP contribution >= 0.6 is 0 Å². The molecule has 0 spiro atoms. The predicted octanol–water partition coefficient (Wildman–Crippen LogP) is 8.81. The molecular formula is C71H95N11O11. The van der Waals surface area contributed by atoms with Gasteiger partial charge in [-0.05, 0) is 126 Å². The molecule has 0 saturated heterocycles. The molecule has 6 rings (SSSR count). The Morgan fingerprint density at radius 1 is 0.785 bits per heavy atom. The molecule has 93 heavy (non-hydrogen) atoms. The number of para-hydroxylation sites is 1. The van der Waals surface area contributed by atoms with Crippen LogP contribution in [-0.4, -0.2) is 119 Å². The number of amides is 9. The van der Waals surface area contributed by atoms with Crippen LogP contribution in [0.2, 0.25) is 0 Å². The zero-order valence-corrected chi connectivity index (χ0v) is 56.2. The fourth-order valence-corrected chi connectivity index (χ4v) is 11.7. The summed E-state index contributed by atoms with van der Waals surface area (Å²) in [6.45, 7) is 20.8. The average molecular weight is 1280 g/mol. The number of anilines is 2. The van der Waals surface area contributed by atoms with Crippen LogP contribution in [0.15, 0.2) is 109 Å². The Kier molecular flexibility index (Phi) is 25.3. The van der Waals surface area contributed by atoms with Gasteiger partial charge in [-0.3, -0.25) is 28.8 Å². The number of nitrogens with two attached hydrogens (primary N) is 1. The number of fused-ring (bicyclic) bond motifs is 3. The summed E-state index contributed by atoms with van der Waals surface area (Å²) in [5.41, 5.74) is 12.1. The van der Waals surface area contributed by atoms with E-state index in [9.17, 15) is 48.3 Å². The van der Waals surface area contributed by atoms with E-state index in [1.54, 1.807) is 63.2 Å². The van der Waals surface area contributed by atoms with E-state index in [-0.39, 0.29) is 68.7 Å². The number of primary amides is 1. The van der Waals surface area contributed by atoms with E-state index in [1.807, 2.05) is 127 Å². The molecule has 0 fully saturated rings. The molecule has 1 aromatic heterocycles. The first-order valence-electron chi connectivity index (χ1n) is 31.7. The Bertz CT molecular complexity index is 3600. The molecule has 9 amide bonds. The Hall–Kier alpha value is -9.31. The largest absolute Gasteiger partial charge is 0.478 e. The molecule has 1 aliphatic heterocycles. The fourth-order valence-electron chi connectivity index (χ4n) is 11.7. The number of ether oxygens (including phenoxy) is 1. The Balaban J connectivity index is 1.05. The highest BCUT2D eigenvalue weighted by Crippen LogP contribution is 2.37. The molecule has 1 aliphatic rings. The highest BCUT2D eigenvalue weighted by atomic mass is 16.5. The maximum Gasteiger partial charge on any atom is 0.407 e. The van der Waals surface area contributed by atoms with Crippen LogP contribution in [-0.2, 0) is 70.5 Å². The third kappa shape index (κ3) is 19.1. The molecule has 0 radical (unpaired) electrons. The summed E-state index contributed by atoms with van der Waals surface area (Å²) < 4.78 is 7.55. The van der Waals surface area contributed by atoms with Gasteiger partial charge in [-0.2, -0.15) is 0 Å². The van der Waals surface area contributed by atoms with Crippen LogP contribution in [0.1, 0.15) is 142 Å². The van der Waals surface area contributed by atoms with Crippen molar-refractivity contribution in [3.8, 4) is 0 Å². The molecule has 0 bridgehead atoms. The third-order valence-corrected chi connectivity index (χ3v) is 17.0. The number of rotatable bonds is 28. The first-order valence-corrected chi connectivity index (χ1v) is 31.7. The van der Waals surface area contributed by atoms with Gasteiger partial charge < -0.3 is 67.2 Å². The average Bonchev–Trinajstić information content (AvgIpc) is 1.66. The molecule has 1 unspecified atom stereocenters. The Labute approximate surface area is 546 Å². The van der Waals surface area contributed by atoms with Gasteiger partial charge in [0.25, 0.3) is 0 Å². The van der Waals surface area contributed by atoms with Crippen molar-refractivity contribution < 1.29 is 53.0 Å². The minimum atomic E-state index is -1.11. The normalized spacial score (nSPS) is 14.7. The van der Waals surface area contributed by atoms with Gasteiger partial charge in [0.1, 0.15) is 24.7 Å². The molecule has 22 heteroatoms. The number of aliphatic carboxylic acids is 1. The Morgan fingerprint density at radius 3 is 2.09 bits per heavy atom. The SMILES string of the molecule is CC/C1=C/c2ccccc2N(C(=O)CCC(=O)N[C@H](C(=O)N[C@@H](CCCNC(N)=O)C(=O)Nc2ccc(COC(=O)NCc3ccc4c(c3)c(C(C)(C)C(NC)C(=O)N[C@H](C(=O)N(C)[C@H](/C=C(\C)C(=O)O)C(C)C)C(C)(C)C)cn4C)cc2)C(C)C)Cc2ccccc21. The summed E-state index contributed by atoms with van der Waals surface area (Å²) in [7, 11) is 5.22. The van der Waals surface area contributed by atoms with Crippen molar-refractivity contribution in [3.05, 3.63) is 142 Å². The highest BCUT2D eigenvalue weighted by Gasteiger charge is 2.43. The molecule has 5 atom stereocenters. The number of likely N-dealkylation sites (N-methyl/N-ethyl adjacent to an activating group) is 2. The molecule has 0 saturated carbocycles. The molecule has 0 aliphatic carbocycles. The number of urea groups is 1. The lowest BCUT2D eigenvalue weighted by molar-refractivity contribution is -0.141. The molecule has 10 N–H and O–H groups in total. The first kappa shape index (κ1) is 72.7. The number of carboxylic acids is 1. The van der Waals surface area contributed by atoms with E-state index < -0.39 is 88.7 Å². The van der Waals surface area contributed by atoms with Gasteiger partial charge in [-0.1, -0.05) is 136 Å². The standard InChI is InChI=1S/C71H95N11O11/c1-15-47-37-48-21-17-19-25-55(48)82(39-49-22-16-18-23-51(47)49)59(84)33-32-58(83)78-60(43(4)5)64(86)77-54(24-20-34-74-68(72)91)63(85)76-50-29-26-45(27-30-50)41-93-69(92)75-38-46-28-31-56-52(36-46)53(40-80(56)13)71(10,11)61(73-12)65(87)79-62(70(7,8)9)66(88)81(14)57(42(2)3)35-44(6)67(89)90/h16-19,21-23,25-31,35-37,40,42-43,54,57,60-62,73H,15,20,24,32-34,38-39,41H2,1-14H3,(H,75,92)(H,76,85)(H,77,86)(H,78,83)(H,79,87)(H,89,90)(H3,72,74,91)/b44-35+,47-37-/t54-,57+,60-,61?,62+/m0/s1. The number of allylic oxidation sites excluding steroid dienone is 1. The van der Waals surface area contributed by atoms with Gasteiger partial charge in [-0.15, -0.1) is 0 Å². The Morgan fingerprint density at radius 2 is 1.45 bits per heavy atom. The number of hydrogen-bond donors (Lipinski definition) is 9. The summed E-state index contributed by atoms with van der Waals surface area (Å²) in [4.78, 5) is 124. The van der Waals surface area contributed by atoms with E-state index in [1.165, 1.54) is 11.8 Å². The number of nitrogens with zero attached hydrogens (tertiary/aromatic N) is 3. The van der Waals surface area contributed by atoms with E-state index >= 15 is 0 Å². The van der Waals surface area contributed by atoms with Gasteiger partial charge in [0.05, 0.1) is 24.3 Å². The van der Waals surface area contributed by atoms with E-state index in [0.29, 0.717) is 17.8 Å². The van der Waals surface area contributed by atoms with Gasteiger partial charge in [0.2, 0.25) is 35.4 Å². The van der Waals surface area contributed by atoms with Gasteiger partial charge in [-0.25, -0.2) is 14.4 Å². The molecule has 5 aromatic rings. The molecule has 22 nitrogen and oxygen atoms in total. The van der Waals surface area contributed by atoms with Crippen LogP contribution in [0, 0.1) is 17.3 Å². The monoisotopic (exact) mass is 1280 g/mol. The topological polar surface area (TPSA) is 305 Å². The van der Waals surface area contributed by atoms with Crippen molar-refractivity contribution in [1.29, 1.82) is 0 Å². The lowest BCUT2D eigenvalue weighted by Gasteiger charge is -2.39. The lowest BCUT2D eigenvalue weighted by atomic mass is 9.76. The number of carbonyl (C=O) groups excluding carboxylic acids is 8. The molecule has 4 aromatic carbocycles. The zero-order valence-electron chi connectivity index (χ0n) is 56.2. The second-order valence-corrected chi connectivity index (χ2v) is 26.2. The number of benzene rings is 4. The lowest BCUT2D eigenvalue weighted by Crippen LogP contribution is -2.61. The number of carboxylic acid groups (broad SMARTS) is 1. The van der Waals surface area contributed by atoms with E-state index in [0.717, 1.165) is 56.4 Å². The quantitative estimate of drug-likeness (QED) is 0.0168. The van der Waals surface area contributed by atoms with Crippen molar-refractivity contribution in [2.75, 3.05) is 30.9 Å². The van der Waals surface area contributed by atoms with Gasteiger partial charge >= 0.3 is 18.1 Å². The number of alkyl carbamates (subject to hydrolysis) is 1. The summed E-state index contributed by atoms with van der Waals surface area (Å²) in [6.07, 6.45) is 5.78. The summed E-state index contributed by atoms with van der Waals surface area (Å²) in [6, 6.07) is 22.7. The van der Waals surface area contributed by atoms with Crippen molar-refractivity contribution >= 4 is 87.5 Å². The van der Waals surface area contributed by atoms with Crippen molar-refractivity contribution in [2.45, 2.75) is 164 Å². The van der Waals surface area contributed by atoms with Gasteiger partial charge in [0.15, 0.2) is 0 Å². The van der Waals surface area contributed by atoms with Crippen LogP contribution < -0.4 is 47.9 Å². The zero-order chi connectivity index (χ0) is 68.6. The van der Waals surface area contributed by atoms with Crippen LogP contribution in [0.4, 0.5) is 21.0 Å². The van der Waals surface area contributed by atoms with E-state index in [2.05, 4.69) is 56.3 Å². The van der Waals surface area contributed by atoms with Crippen molar-refractivity contribution in [3.63, 3.8) is 0 Å². The number of aromatic nitrogens is 1. The highest BCUT2D eigenvalue weighted by molar-refractivity contribution is 6.01. The molecule has 2 heterocycles. The van der Waals surface area contributed by atoms with Crippen LogP contribution in [0.3, 0.4) is 0 Å². The molecular weight excluding hydrogens is 1180 g/mol. The van der Waals surface area contributed by atoms with Crippen molar-refractivity contribution in [2.24, 2.45) is 30.0 Å². The first-order chi connectivity index (χ1) is 43.9. The predicted molar refractivity (Wildman–Crippen MR) is 362 cm³/mol. The molecule has 500 valence electrons. The number of nitrogens with one attached hydrogen (secondary N) is 7. The van der Waals surface area contributed by atoms with Crippen LogP contribution in [0.25, 0.3) is 22.6 Å². The second kappa shape index (κ2) is 32.3. The van der Waals surface area contributed by atoms with E-state index in [4.69, 9.17) is 10.5 Å². The minimum Gasteiger partial charge on any atom is -0.478 e. The van der Waals surface area contributed by atoms with Crippen molar-refractivity contribution in [1.82, 2.24) is 41.4 Å². The summed E-state index contributed by atoms with van der Waals surface area (Å²) in [5.74, 6) is -4.33. The maximum absolute atomic E-state index is 14.5. The number of aryl methyl sites for hydroxylation is 1. The second-order valence-electron chi connectivity index (χ2n) is 26.2. The number of carbonyl (C=O) groups is 9. The minimum absolute atomic E-state index is 0.0926. The summed E-state index contributed by atoms with van der Waals surface area (Å²) >= 11 is 0. The fraction of sp³-hybridized carbons (Fsp3) is 0.451. The van der Waals surface area contributed by atoms with Gasteiger partial charge in [0, 0.05) is 73.8 Å². The smallest absolute Gasteiger partial charge is 0.407 e. The maximum atomic E-state index is 14.5. The number of hydrogen-bond acceptors (Lipinski definition) is 11. The summed E-state index contributed by atoms with van der Waals surface area (Å²) in [5, 5.41) is 30.4.